The zero-order chi connectivity index (χ0) is 22.4. The number of aromatic nitrogens is 1. The summed E-state index contributed by atoms with van der Waals surface area (Å²) in [6.07, 6.45) is 2.48. The van der Waals surface area contributed by atoms with Gasteiger partial charge in [-0.25, -0.2) is 0 Å². The molecule has 0 unspecified atom stereocenters. The van der Waals surface area contributed by atoms with Crippen LogP contribution >= 0.6 is 0 Å². The van der Waals surface area contributed by atoms with Crippen molar-refractivity contribution < 1.29 is 9.90 Å². The molecule has 0 spiro atoms. The number of phenols is 1. The van der Waals surface area contributed by atoms with E-state index in [0.29, 0.717) is 29.6 Å². The second-order valence-corrected chi connectivity index (χ2v) is 8.33. The number of aromatic hydroxyl groups is 1. The second kappa shape index (κ2) is 7.51. The maximum atomic E-state index is 12.8. The number of aryl methyl sites for hydroxylation is 1. The lowest BCUT2D eigenvalue weighted by atomic mass is 9.90. The number of phenolic OH excluding ortho intramolecular Hbond substituents is 1. The molecule has 1 aliphatic heterocycles. The largest absolute Gasteiger partial charge is 0.505 e. The summed E-state index contributed by atoms with van der Waals surface area (Å²) in [5, 5.41) is 21.0. The molecule has 0 saturated heterocycles. The molecule has 1 aliphatic rings. The van der Waals surface area contributed by atoms with Crippen LogP contribution in [0.3, 0.4) is 0 Å². The van der Waals surface area contributed by atoms with Gasteiger partial charge in [0.05, 0.1) is 17.2 Å². The Morgan fingerprint density at radius 3 is 2.47 bits per heavy atom. The van der Waals surface area contributed by atoms with E-state index in [1.165, 1.54) is 11.1 Å². The van der Waals surface area contributed by atoms with Gasteiger partial charge in [0.2, 0.25) is 0 Å². The SMILES string of the molecule is Cc1ccc(Cc2cnc3c(O)c4c(c(-c5ccc(C#N)cc5)c3c2)CN(C)C4=O)cc1. The third-order valence-corrected chi connectivity index (χ3v) is 6.07. The fourth-order valence-electron chi connectivity index (χ4n) is 4.40. The van der Waals surface area contributed by atoms with Gasteiger partial charge in [0.25, 0.3) is 5.91 Å². The first-order valence-electron chi connectivity index (χ1n) is 10.4. The van der Waals surface area contributed by atoms with Gasteiger partial charge in [-0.2, -0.15) is 5.26 Å². The maximum Gasteiger partial charge on any atom is 0.258 e. The molecule has 1 amide bonds. The Labute approximate surface area is 186 Å². The number of hydrogen-bond donors (Lipinski definition) is 1. The number of carbonyl (C=O) groups excluding carboxylic acids is 1. The predicted molar refractivity (Wildman–Crippen MR) is 123 cm³/mol. The topological polar surface area (TPSA) is 77.2 Å². The van der Waals surface area contributed by atoms with Gasteiger partial charge < -0.3 is 10.0 Å². The minimum atomic E-state index is -0.208. The van der Waals surface area contributed by atoms with Gasteiger partial charge >= 0.3 is 0 Å². The van der Waals surface area contributed by atoms with Gasteiger partial charge in [0, 0.05) is 25.2 Å². The first-order valence-corrected chi connectivity index (χ1v) is 10.4. The van der Waals surface area contributed by atoms with Crippen molar-refractivity contribution in [3.8, 4) is 22.9 Å². The average molecular weight is 419 g/mol. The Hall–Kier alpha value is -4.17. The van der Waals surface area contributed by atoms with Crippen molar-refractivity contribution in [3.63, 3.8) is 0 Å². The van der Waals surface area contributed by atoms with E-state index in [-0.39, 0.29) is 11.7 Å². The zero-order valence-corrected chi connectivity index (χ0v) is 17.9. The monoisotopic (exact) mass is 419 g/mol. The molecule has 1 N–H and O–H groups in total. The first kappa shape index (κ1) is 19.8. The predicted octanol–water partition coefficient (Wildman–Crippen LogP) is 4.96. The van der Waals surface area contributed by atoms with E-state index < -0.39 is 0 Å². The molecule has 156 valence electrons. The normalized spacial score (nSPS) is 12.8. The molecule has 5 nitrogen and oxygen atoms in total. The van der Waals surface area contributed by atoms with Crippen LogP contribution in [0.1, 0.15) is 38.2 Å². The highest BCUT2D eigenvalue weighted by atomic mass is 16.3. The lowest BCUT2D eigenvalue weighted by Gasteiger charge is -2.15. The lowest BCUT2D eigenvalue weighted by Crippen LogP contribution is -2.17. The average Bonchev–Trinajstić information content (AvgIpc) is 3.10. The molecule has 0 radical (unpaired) electrons. The Bertz CT molecular complexity index is 1420. The van der Waals surface area contributed by atoms with E-state index in [4.69, 9.17) is 0 Å². The molecule has 1 aromatic heterocycles. The summed E-state index contributed by atoms with van der Waals surface area (Å²) in [5.41, 5.74) is 7.28. The van der Waals surface area contributed by atoms with Crippen molar-refractivity contribution in [1.82, 2.24) is 9.88 Å². The number of rotatable bonds is 3. The number of carbonyl (C=O) groups is 1. The fourth-order valence-corrected chi connectivity index (χ4v) is 4.40. The Morgan fingerprint density at radius 2 is 1.78 bits per heavy atom. The number of pyridine rings is 1. The van der Waals surface area contributed by atoms with E-state index in [2.05, 4.69) is 48.3 Å². The number of nitrogens with zero attached hydrogens (tertiary/aromatic N) is 3. The van der Waals surface area contributed by atoms with E-state index in [0.717, 1.165) is 27.6 Å². The molecule has 4 aromatic rings. The third-order valence-electron chi connectivity index (χ3n) is 6.07. The molecular formula is C27H21N3O2. The van der Waals surface area contributed by atoms with E-state index >= 15 is 0 Å². The summed E-state index contributed by atoms with van der Waals surface area (Å²) >= 11 is 0. The molecule has 5 heteroatoms. The van der Waals surface area contributed by atoms with Crippen LogP contribution in [0.15, 0.2) is 60.8 Å². The summed E-state index contributed by atoms with van der Waals surface area (Å²) in [6.45, 7) is 2.47. The molecule has 2 heterocycles. The van der Waals surface area contributed by atoms with Crippen molar-refractivity contribution in [2.45, 2.75) is 19.9 Å². The van der Waals surface area contributed by atoms with Crippen molar-refractivity contribution in [3.05, 3.63) is 94.2 Å². The quantitative estimate of drug-likeness (QED) is 0.509. The van der Waals surface area contributed by atoms with Crippen molar-refractivity contribution in [2.24, 2.45) is 0 Å². The van der Waals surface area contributed by atoms with E-state index in [1.807, 2.05) is 12.1 Å². The third kappa shape index (κ3) is 3.17. The number of hydrogen-bond acceptors (Lipinski definition) is 4. The molecular weight excluding hydrogens is 398 g/mol. The maximum absolute atomic E-state index is 12.8. The zero-order valence-electron chi connectivity index (χ0n) is 17.9. The van der Waals surface area contributed by atoms with Crippen LogP contribution in [0.2, 0.25) is 0 Å². The highest BCUT2D eigenvalue weighted by Crippen LogP contribution is 2.44. The fraction of sp³-hybridized carbons (Fsp3) is 0.148. The van der Waals surface area contributed by atoms with Crippen LogP contribution in [0.25, 0.3) is 22.0 Å². The van der Waals surface area contributed by atoms with Gasteiger partial charge in [-0.1, -0.05) is 42.0 Å². The molecule has 3 aromatic carbocycles. The number of fused-ring (bicyclic) bond motifs is 2. The van der Waals surface area contributed by atoms with Gasteiger partial charge in [0.15, 0.2) is 5.75 Å². The van der Waals surface area contributed by atoms with Crippen LogP contribution in [-0.2, 0) is 13.0 Å². The second-order valence-electron chi connectivity index (χ2n) is 8.33. The van der Waals surface area contributed by atoms with Gasteiger partial charge in [0.1, 0.15) is 5.52 Å². The summed E-state index contributed by atoms with van der Waals surface area (Å²) in [7, 11) is 1.73. The molecule has 0 saturated carbocycles. The Morgan fingerprint density at radius 1 is 1.06 bits per heavy atom. The molecule has 0 fully saturated rings. The standard InChI is InChI=1S/C27H21N3O2/c1-16-3-5-17(6-4-16)11-19-12-21-23(20-9-7-18(13-28)8-10-20)22-15-30(2)27(32)24(22)26(31)25(21)29-14-19/h3-10,12,14,31H,11,15H2,1-2H3. The smallest absolute Gasteiger partial charge is 0.258 e. The first-order chi connectivity index (χ1) is 15.5. The van der Waals surface area contributed by atoms with E-state index in [9.17, 15) is 15.2 Å². The summed E-state index contributed by atoms with van der Waals surface area (Å²) < 4.78 is 0. The van der Waals surface area contributed by atoms with Gasteiger partial charge in [-0.15, -0.1) is 0 Å². The van der Waals surface area contributed by atoms with Gasteiger partial charge in [-0.3, -0.25) is 9.78 Å². The van der Waals surface area contributed by atoms with Crippen LogP contribution in [0, 0.1) is 18.3 Å². The van der Waals surface area contributed by atoms with Gasteiger partial charge in [-0.05, 0) is 59.4 Å². The van der Waals surface area contributed by atoms with Crippen LogP contribution < -0.4 is 0 Å². The van der Waals surface area contributed by atoms with Crippen molar-refractivity contribution >= 4 is 16.8 Å². The van der Waals surface area contributed by atoms with Crippen LogP contribution in [-0.4, -0.2) is 27.9 Å². The van der Waals surface area contributed by atoms with Crippen molar-refractivity contribution in [2.75, 3.05) is 7.05 Å². The molecule has 32 heavy (non-hydrogen) atoms. The Kier molecular flexibility index (Phi) is 4.64. The van der Waals surface area contributed by atoms with Crippen LogP contribution in [0.4, 0.5) is 0 Å². The van der Waals surface area contributed by atoms with E-state index in [1.54, 1.807) is 30.3 Å². The molecule has 0 bridgehead atoms. The summed E-state index contributed by atoms with van der Waals surface area (Å²) in [6, 6.07) is 19.9. The minimum absolute atomic E-state index is 0.0661. The highest BCUT2D eigenvalue weighted by molar-refractivity contribution is 6.12. The number of benzene rings is 3. The lowest BCUT2D eigenvalue weighted by molar-refractivity contribution is 0.0814. The Balaban J connectivity index is 1.74. The minimum Gasteiger partial charge on any atom is -0.505 e. The van der Waals surface area contributed by atoms with Crippen LogP contribution in [0.5, 0.6) is 5.75 Å². The summed E-state index contributed by atoms with van der Waals surface area (Å²) in [4.78, 5) is 19.0. The molecule has 0 atom stereocenters. The highest BCUT2D eigenvalue weighted by Gasteiger charge is 2.33. The number of amides is 1. The molecule has 5 rings (SSSR count). The molecule has 0 aliphatic carbocycles. The van der Waals surface area contributed by atoms with Crippen molar-refractivity contribution in [1.29, 1.82) is 5.26 Å². The number of nitriles is 1. The summed E-state index contributed by atoms with van der Waals surface area (Å²) in [5.74, 6) is -0.275.